The van der Waals surface area contributed by atoms with Crippen molar-refractivity contribution in [3.63, 3.8) is 0 Å². The largest absolute Gasteiger partial charge is 0.361 e. The molecule has 0 bridgehead atoms. The lowest BCUT2D eigenvalue weighted by Gasteiger charge is -2.36. The van der Waals surface area contributed by atoms with Crippen LogP contribution in [0, 0.1) is 19.8 Å². The van der Waals surface area contributed by atoms with E-state index in [0.717, 1.165) is 25.3 Å². The van der Waals surface area contributed by atoms with Crippen LogP contribution >= 0.6 is 0 Å². The van der Waals surface area contributed by atoms with Crippen LogP contribution < -0.4 is 10.2 Å². The van der Waals surface area contributed by atoms with E-state index >= 15 is 0 Å². The highest BCUT2D eigenvalue weighted by Gasteiger charge is 2.39. The van der Waals surface area contributed by atoms with Gasteiger partial charge in [-0.3, -0.25) is 4.79 Å². The van der Waals surface area contributed by atoms with Gasteiger partial charge in [0, 0.05) is 31.2 Å². The van der Waals surface area contributed by atoms with Crippen LogP contribution in [0.25, 0.3) is 0 Å². The Bertz CT molecular complexity index is 718. The molecule has 2 atom stereocenters. The lowest BCUT2D eigenvalue weighted by molar-refractivity contribution is 0.0978. The Morgan fingerprint density at radius 2 is 2.14 bits per heavy atom. The highest BCUT2D eigenvalue weighted by molar-refractivity contribution is 6.08. The van der Waals surface area contributed by atoms with E-state index in [9.17, 15) is 4.79 Å². The number of rotatable bonds is 1. The fourth-order valence-electron chi connectivity index (χ4n) is 3.78. The minimum atomic E-state index is -0.00551. The molecule has 0 spiro atoms. The SMILES string of the molecule is Cc1noc(C)c1C(=O)N1C[C@H]2CNC[C@H]2c2ccccc21. The molecule has 1 aromatic carbocycles. The van der Waals surface area contributed by atoms with E-state index in [2.05, 4.69) is 22.6 Å². The van der Waals surface area contributed by atoms with Gasteiger partial charge in [-0.2, -0.15) is 0 Å². The summed E-state index contributed by atoms with van der Waals surface area (Å²) in [5.41, 5.74) is 3.55. The number of aromatic nitrogens is 1. The lowest BCUT2D eigenvalue weighted by Crippen LogP contribution is -2.42. The Morgan fingerprint density at radius 1 is 1.32 bits per heavy atom. The first-order valence-electron chi connectivity index (χ1n) is 7.71. The molecule has 0 radical (unpaired) electrons. The zero-order valence-electron chi connectivity index (χ0n) is 12.8. The first-order valence-corrected chi connectivity index (χ1v) is 7.71. The van der Waals surface area contributed by atoms with Crippen molar-refractivity contribution in [3.8, 4) is 0 Å². The van der Waals surface area contributed by atoms with Gasteiger partial charge in [0.15, 0.2) is 0 Å². The van der Waals surface area contributed by atoms with Gasteiger partial charge in [0.1, 0.15) is 11.3 Å². The molecule has 4 rings (SSSR count). The van der Waals surface area contributed by atoms with Crippen LogP contribution in [0.4, 0.5) is 5.69 Å². The van der Waals surface area contributed by atoms with Gasteiger partial charge in [-0.1, -0.05) is 23.4 Å². The van der Waals surface area contributed by atoms with E-state index < -0.39 is 0 Å². The second kappa shape index (κ2) is 4.95. The Morgan fingerprint density at radius 3 is 2.91 bits per heavy atom. The zero-order chi connectivity index (χ0) is 15.3. The van der Waals surface area contributed by atoms with Crippen LogP contribution in [0.3, 0.4) is 0 Å². The number of hydrogen-bond acceptors (Lipinski definition) is 4. The molecule has 1 amide bonds. The lowest BCUT2D eigenvalue weighted by atomic mass is 9.83. The molecule has 22 heavy (non-hydrogen) atoms. The summed E-state index contributed by atoms with van der Waals surface area (Å²) >= 11 is 0. The fraction of sp³-hybridized carbons (Fsp3) is 0.412. The maximum atomic E-state index is 13.1. The van der Waals surface area contributed by atoms with Crippen LogP contribution in [-0.4, -0.2) is 30.7 Å². The first kappa shape index (κ1) is 13.5. The third-order valence-electron chi connectivity index (χ3n) is 4.88. The number of para-hydroxylation sites is 1. The number of aryl methyl sites for hydroxylation is 2. The van der Waals surface area contributed by atoms with Gasteiger partial charge < -0.3 is 14.7 Å². The predicted molar refractivity (Wildman–Crippen MR) is 83.2 cm³/mol. The zero-order valence-corrected chi connectivity index (χ0v) is 12.8. The highest BCUT2D eigenvalue weighted by Crippen LogP contribution is 2.41. The van der Waals surface area contributed by atoms with E-state index in [-0.39, 0.29) is 5.91 Å². The first-order chi connectivity index (χ1) is 10.7. The number of benzene rings is 1. The number of anilines is 1. The van der Waals surface area contributed by atoms with Crippen LogP contribution in [0.2, 0.25) is 0 Å². The number of fused-ring (bicyclic) bond motifs is 3. The quantitative estimate of drug-likeness (QED) is 0.877. The number of carbonyl (C=O) groups is 1. The Kier molecular flexibility index (Phi) is 3.04. The average molecular weight is 297 g/mol. The molecule has 114 valence electrons. The summed E-state index contributed by atoms with van der Waals surface area (Å²) in [5.74, 6) is 1.56. The average Bonchev–Trinajstić information content (AvgIpc) is 3.12. The molecule has 0 aliphatic carbocycles. The molecule has 1 saturated heterocycles. The number of nitrogens with one attached hydrogen (secondary N) is 1. The molecule has 5 nitrogen and oxygen atoms in total. The Hall–Kier alpha value is -2.14. The molecule has 2 aromatic rings. The topological polar surface area (TPSA) is 58.4 Å². The van der Waals surface area contributed by atoms with Crippen molar-refractivity contribution in [1.29, 1.82) is 0 Å². The third kappa shape index (κ3) is 1.89. The summed E-state index contributed by atoms with van der Waals surface area (Å²) in [5, 5.41) is 7.37. The molecular formula is C17H19N3O2. The number of amides is 1. The van der Waals surface area contributed by atoms with Gasteiger partial charge in [-0.15, -0.1) is 0 Å². The van der Waals surface area contributed by atoms with Crippen molar-refractivity contribution in [1.82, 2.24) is 10.5 Å². The minimum absolute atomic E-state index is 0.00551. The molecule has 1 fully saturated rings. The summed E-state index contributed by atoms with van der Waals surface area (Å²) in [6, 6.07) is 8.24. The van der Waals surface area contributed by atoms with Crippen LogP contribution in [0.1, 0.15) is 33.3 Å². The van der Waals surface area contributed by atoms with Crippen LogP contribution in [-0.2, 0) is 0 Å². The van der Waals surface area contributed by atoms with Crippen molar-refractivity contribution < 1.29 is 9.32 Å². The number of hydrogen-bond donors (Lipinski definition) is 1. The second-order valence-electron chi connectivity index (χ2n) is 6.20. The normalized spacial score (nSPS) is 23.3. The molecule has 1 aromatic heterocycles. The van der Waals surface area contributed by atoms with E-state index in [1.165, 1.54) is 5.56 Å². The predicted octanol–water partition coefficient (Wildman–Crippen LogP) is 2.25. The fourth-order valence-corrected chi connectivity index (χ4v) is 3.78. The monoisotopic (exact) mass is 297 g/mol. The van der Waals surface area contributed by atoms with Crippen molar-refractivity contribution in [2.45, 2.75) is 19.8 Å². The maximum absolute atomic E-state index is 13.1. The highest BCUT2D eigenvalue weighted by atomic mass is 16.5. The molecule has 2 aliphatic rings. The maximum Gasteiger partial charge on any atom is 0.263 e. The van der Waals surface area contributed by atoms with Gasteiger partial charge in [0.2, 0.25) is 0 Å². The van der Waals surface area contributed by atoms with Crippen molar-refractivity contribution in [2.24, 2.45) is 5.92 Å². The van der Waals surface area contributed by atoms with Gasteiger partial charge in [-0.25, -0.2) is 0 Å². The molecule has 0 saturated carbocycles. The van der Waals surface area contributed by atoms with Gasteiger partial charge >= 0.3 is 0 Å². The Balaban J connectivity index is 1.79. The standard InChI is InChI=1S/C17H19N3O2/c1-10-16(11(2)22-19-10)17(21)20-9-12-7-18-8-14(12)13-5-3-4-6-15(13)20/h3-6,12,14,18H,7-9H2,1-2H3/t12-,14-/m1/s1. The molecular weight excluding hydrogens is 278 g/mol. The van der Waals surface area contributed by atoms with Crippen molar-refractivity contribution in [3.05, 3.63) is 46.8 Å². The summed E-state index contributed by atoms with van der Waals surface area (Å²) < 4.78 is 5.17. The molecule has 0 unspecified atom stereocenters. The van der Waals surface area contributed by atoms with Gasteiger partial charge in [0.05, 0.1) is 5.69 Å². The number of carbonyl (C=O) groups excluding carboxylic acids is 1. The van der Waals surface area contributed by atoms with E-state index in [1.54, 1.807) is 6.92 Å². The minimum Gasteiger partial charge on any atom is -0.361 e. The summed E-state index contributed by atoms with van der Waals surface area (Å²) in [6.07, 6.45) is 0. The third-order valence-corrected chi connectivity index (χ3v) is 4.88. The van der Waals surface area contributed by atoms with Crippen molar-refractivity contribution in [2.75, 3.05) is 24.5 Å². The second-order valence-corrected chi connectivity index (χ2v) is 6.20. The Labute approximate surface area is 129 Å². The van der Waals surface area contributed by atoms with E-state index in [4.69, 9.17) is 4.52 Å². The summed E-state index contributed by atoms with van der Waals surface area (Å²) in [7, 11) is 0. The van der Waals surface area contributed by atoms with Crippen molar-refractivity contribution >= 4 is 11.6 Å². The molecule has 5 heteroatoms. The van der Waals surface area contributed by atoms with Gasteiger partial charge in [-0.05, 0) is 31.4 Å². The van der Waals surface area contributed by atoms with E-state index in [0.29, 0.717) is 28.9 Å². The van der Waals surface area contributed by atoms with Crippen LogP contribution in [0.15, 0.2) is 28.8 Å². The molecule has 2 aliphatic heterocycles. The summed E-state index contributed by atoms with van der Waals surface area (Å²) in [4.78, 5) is 15.0. The smallest absolute Gasteiger partial charge is 0.263 e. The molecule has 3 heterocycles. The van der Waals surface area contributed by atoms with Crippen LogP contribution in [0.5, 0.6) is 0 Å². The molecule has 1 N–H and O–H groups in total. The van der Waals surface area contributed by atoms with E-state index in [1.807, 2.05) is 24.0 Å². The number of nitrogens with zero attached hydrogens (tertiary/aromatic N) is 2. The van der Waals surface area contributed by atoms with Gasteiger partial charge in [0.25, 0.3) is 5.91 Å². The summed E-state index contributed by atoms with van der Waals surface area (Å²) in [6.45, 7) is 6.32.